The monoisotopic (exact) mass is 434 g/mol. The molecule has 2 aromatic heterocycles. The summed E-state index contributed by atoms with van der Waals surface area (Å²) in [6.45, 7) is 0. The van der Waals surface area contributed by atoms with Crippen molar-refractivity contribution in [3.05, 3.63) is 102 Å². The van der Waals surface area contributed by atoms with Crippen LogP contribution in [0.15, 0.2) is 85.1 Å². The Morgan fingerprint density at radius 1 is 0.879 bits per heavy atom. The summed E-state index contributed by atoms with van der Waals surface area (Å²) >= 11 is 0. The van der Waals surface area contributed by atoms with Gasteiger partial charge in [-0.3, -0.25) is 19.9 Å². The van der Waals surface area contributed by atoms with E-state index >= 15 is 0 Å². The van der Waals surface area contributed by atoms with Crippen LogP contribution in [0.4, 0.5) is 5.95 Å². The minimum Gasteiger partial charge on any atom is -0.324 e. The highest BCUT2D eigenvalue weighted by Crippen LogP contribution is 2.22. The molecule has 2 N–H and O–H groups in total. The molecule has 6 nitrogen and oxygen atoms in total. The Labute approximate surface area is 190 Å². The lowest BCUT2D eigenvalue weighted by Crippen LogP contribution is -2.14. The van der Waals surface area contributed by atoms with Gasteiger partial charge in [-0.15, -0.1) is 0 Å². The van der Waals surface area contributed by atoms with Gasteiger partial charge in [0.2, 0.25) is 5.95 Å². The quantitative estimate of drug-likeness (QED) is 0.328. The normalized spacial score (nSPS) is 11.0. The van der Waals surface area contributed by atoms with Gasteiger partial charge in [0.15, 0.2) is 5.78 Å². The van der Waals surface area contributed by atoms with Crippen molar-refractivity contribution < 1.29 is 9.59 Å². The number of Topliss-reactive ketones (excluding diaryl/α,β-unsaturated/α-hetero) is 1. The summed E-state index contributed by atoms with van der Waals surface area (Å²) in [6.07, 6.45) is 3.72. The lowest BCUT2D eigenvalue weighted by molar-refractivity contribution is 0.0980. The van der Waals surface area contributed by atoms with Crippen LogP contribution in [0.25, 0.3) is 21.8 Å². The Morgan fingerprint density at radius 3 is 2.52 bits per heavy atom. The Balaban J connectivity index is 1.31. The lowest BCUT2D eigenvalue weighted by Gasteiger charge is -2.03. The van der Waals surface area contributed by atoms with E-state index in [-0.39, 0.29) is 17.6 Å². The maximum absolute atomic E-state index is 12.9. The van der Waals surface area contributed by atoms with Crippen LogP contribution >= 0.6 is 0 Å². The third-order valence-corrected chi connectivity index (χ3v) is 5.62. The van der Waals surface area contributed by atoms with Gasteiger partial charge in [-0.2, -0.15) is 0 Å². The van der Waals surface area contributed by atoms with E-state index in [9.17, 15) is 9.59 Å². The number of rotatable bonds is 7. The SMILES string of the molecule is O=C(Nc1nc2c(C(=O)CCCc3ccccc3)cccc2[nH]1)c1cc2ccccc2cn1. The van der Waals surface area contributed by atoms with Gasteiger partial charge in [0.25, 0.3) is 5.91 Å². The zero-order valence-corrected chi connectivity index (χ0v) is 17.9. The molecule has 0 saturated heterocycles. The number of H-pyrrole nitrogens is 1. The number of imidazole rings is 1. The number of anilines is 1. The number of para-hydroxylation sites is 1. The number of pyridine rings is 1. The number of hydrogen-bond acceptors (Lipinski definition) is 4. The third-order valence-electron chi connectivity index (χ3n) is 5.62. The average molecular weight is 434 g/mol. The van der Waals surface area contributed by atoms with E-state index in [0.29, 0.717) is 28.7 Å². The summed E-state index contributed by atoms with van der Waals surface area (Å²) in [6, 6.07) is 25.0. The molecule has 0 atom stereocenters. The van der Waals surface area contributed by atoms with E-state index < -0.39 is 0 Å². The number of carbonyl (C=O) groups excluding carboxylic acids is 2. The van der Waals surface area contributed by atoms with Gasteiger partial charge in [0.1, 0.15) is 11.2 Å². The molecule has 0 aliphatic carbocycles. The largest absolute Gasteiger partial charge is 0.324 e. The summed E-state index contributed by atoms with van der Waals surface area (Å²) in [5.41, 5.74) is 3.33. The number of aromatic amines is 1. The number of aromatic nitrogens is 3. The van der Waals surface area contributed by atoms with Gasteiger partial charge in [-0.05, 0) is 42.0 Å². The Hall–Kier alpha value is -4.32. The maximum atomic E-state index is 12.9. The second-order valence-electron chi connectivity index (χ2n) is 7.92. The van der Waals surface area contributed by atoms with Gasteiger partial charge in [0.05, 0.1) is 5.52 Å². The smallest absolute Gasteiger partial charge is 0.276 e. The summed E-state index contributed by atoms with van der Waals surface area (Å²) in [5.74, 6) is -0.0397. The molecule has 2 heterocycles. The number of ketones is 1. The molecule has 3 aromatic carbocycles. The van der Waals surface area contributed by atoms with Crippen molar-refractivity contribution in [2.45, 2.75) is 19.3 Å². The molecule has 0 spiro atoms. The Kier molecular flexibility index (Phi) is 5.64. The van der Waals surface area contributed by atoms with E-state index in [0.717, 1.165) is 23.6 Å². The molecule has 1 amide bonds. The number of carbonyl (C=O) groups is 2. The molecule has 0 bridgehead atoms. The van der Waals surface area contributed by atoms with E-state index in [4.69, 9.17) is 0 Å². The second-order valence-corrected chi connectivity index (χ2v) is 7.92. The summed E-state index contributed by atoms with van der Waals surface area (Å²) in [5, 5.41) is 4.67. The number of hydrogen-bond donors (Lipinski definition) is 2. The van der Waals surface area contributed by atoms with E-state index in [1.54, 1.807) is 18.3 Å². The number of amides is 1. The third kappa shape index (κ3) is 4.50. The van der Waals surface area contributed by atoms with Crippen LogP contribution in [0.5, 0.6) is 0 Å². The van der Waals surface area contributed by atoms with Crippen LogP contribution in [0.3, 0.4) is 0 Å². The van der Waals surface area contributed by atoms with E-state index in [1.807, 2.05) is 54.6 Å². The van der Waals surface area contributed by atoms with E-state index in [2.05, 4.69) is 32.4 Å². The van der Waals surface area contributed by atoms with Crippen LogP contribution in [0.2, 0.25) is 0 Å². The summed E-state index contributed by atoms with van der Waals surface area (Å²) in [7, 11) is 0. The highest BCUT2D eigenvalue weighted by molar-refractivity contribution is 6.08. The van der Waals surface area contributed by atoms with Gasteiger partial charge < -0.3 is 4.98 Å². The van der Waals surface area contributed by atoms with Crippen LogP contribution in [-0.2, 0) is 6.42 Å². The number of benzene rings is 3. The minimum atomic E-state index is -0.365. The first-order chi connectivity index (χ1) is 16.2. The van der Waals surface area contributed by atoms with Crippen molar-refractivity contribution in [2.75, 3.05) is 5.32 Å². The Morgan fingerprint density at radius 2 is 1.67 bits per heavy atom. The predicted molar refractivity (Wildman–Crippen MR) is 130 cm³/mol. The van der Waals surface area contributed by atoms with Crippen molar-refractivity contribution in [3.8, 4) is 0 Å². The fourth-order valence-electron chi connectivity index (χ4n) is 3.93. The second kappa shape index (κ2) is 9.04. The average Bonchev–Trinajstić information content (AvgIpc) is 3.26. The predicted octanol–water partition coefficient (Wildman–Crippen LogP) is 5.57. The van der Waals surface area contributed by atoms with Crippen molar-refractivity contribution >= 4 is 39.4 Å². The van der Waals surface area contributed by atoms with Crippen molar-refractivity contribution in [1.82, 2.24) is 15.0 Å². The first-order valence-corrected chi connectivity index (χ1v) is 10.9. The van der Waals surface area contributed by atoms with Crippen LogP contribution < -0.4 is 5.32 Å². The van der Waals surface area contributed by atoms with Crippen molar-refractivity contribution in [3.63, 3.8) is 0 Å². The lowest BCUT2D eigenvalue weighted by atomic mass is 10.0. The fraction of sp³-hybridized carbons (Fsp3) is 0.111. The van der Waals surface area contributed by atoms with Crippen LogP contribution in [0, 0.1) is 0 Å². The Bertz CT molecular complexity index is 1460. The fourth-order valence-corrected chi connectivity index (χ4v) is 3.93. The summed E-state index contributed by atoms with van der Waals surface area (Å²) < 4.78 is 0. The van der Waals surface area contributed by atoms with Crippen molar-refractivity contribution in [2.24, 2.45) is 0 Å². The molecule has 0 fully saturated rings. The molecular formula is C27H22N4O2. The molecule has 33 heavy (non-hydrogen) atoms. The minimum absolute atomic E-state index is 0.0390. The molecule has 162 valence electrons. The van der Waals surface area contributed by atoms with Crippen molar-refractivity contribution in [1.29, 1.82) is 0 Å². The highest BCUT2D eigenvalue weighted by atomic mass is 16.2. The molecule has 5 aromatic rings. The molecule has 0 saturated carbocycles. The standard InChI is InChI=1S/C27H22N4O2/c32-24(15-6-10-18-8-2-1-3-9-18)21-13-7-14-22-25(21)30-27(29-22)31-26(33)23-16-19-11-4-5-12-20(19)17-28-23/h1-5,7-9,11-14,16-17H,6,10,15H2,(H2,29,30,31,33). The maximum Gasteiger partial charge on any atom is 0.276 e. The molecule has 5 rings (SSSR count). The van der Waals surface area contributed by atoms with Gasteiger partial charge >= 0.3 is 0 Å². The number of aryl methyl sites for hydroxylation is 1. The number of nitrogens with one attached hydrogen (secondary N) is 2. The van der Waals surface area contributed by atoms with Crippen LogP contribution in [0.1, 0.15) is 39.3 Å². The number of nitrogens with zero attached hydrogens (tertiary/aromatic N) is 2. The molecule has 0 radical (unpaired) electrons. The zero-order valence-electron chi connectivity index (χ0n) is 17.9. The first-order valence-electron chi connectivity index (χ1n) is 10.9. The molecule has 0 unspecified atom stereocenters. The first kappa shape index (κ1) is 20.6. The van der Waals surface area contributed by atoms with Crippen LogP contribution in [-0.4, -0.2) is 26.6 Å². The molecule has 0 aliphatic heterocycles. The molecule has 6 heteroatoms. The van der Waals surface area contributed by atoms with Gasteiger partial charge in [-0.25, -0.2) is 4.98 Å². The zero-order chi connectivity index (χ0) is 22.6. The van der Waals surface area contributed by atoms with Gasteiger partial charge in [0, 0.05) is 23.6 Å². The highest BCUT2D eigenvalue weighted by Gasteiger charge is 2.16. The van der Waals surface area contributed by atoms with Gasteiger partial charge in [-0.1, -0.05) is 60.7 Å². The molecular weight excluding hydrogens is 412 g/mol. The number of fused-ring (bicyclic) bond motifs is 2. The molecule has 0 aliphatic rings. The summed E-state index contributed by atoms with van der Waals surface area (Å²) in [4.78, 5) is 37.4. The van der Waals surface area contributed by atoms with E-state index in [1.165, 1.54) is 5.56 Å². The topological polar surface area (TPSA) is 87.7 Å².